The molecule has 6 heteroatoms. The van der Waals surface area contributed by atoms with Crippen molar-refractivity contribution in [3.8, 4) is 6.07 Å². The maximum absolute atomic E-state index is 13.8. The Labute approximate surface area is 154 Å². The van der Waals surface area contributed by atoms with Crippen LogP contribution in [0, 0.1) is 17.1 Å². The van der Waals surface area contributed by atoms with Gasteiger partial charge in [-0.3, -0.25) is 4.79 Å². The van der Waals surface area contributed by atoms with Crippen molar-refractivity contribution in [1.82, 2.24) is 0 Å². The number of nitrogens with one attached hydrogen (secondary N) is 2. The molecule has 0 aliphatic carbocycles. The normalized spacial score (nSPS) is 10.0. The molecule has 128 valence electrons. The number of rotatable bonds is 4. The fourth-order valence-electron chi connectivity index (χ4n) is 2.39. The zero-order chi connectivity index (χ0) is 18.5. The molecule has 0 heterocycles. The summed E-state index contributed by atoms with van der Waals surface area (Å²) in [5.41, 5.74) is 2.26. The lowest BCUT2D eigenvalue weighted by Gasteiger charge is -2.10. The van der Waals surface area contributed by atoms with Crippen LogP contribution in [0.4, 0.5) is 21.5 Å². The molecule has 3 aromatic rings. The molecule has 3 aromatic carbocycles. The number of nitriles is 1. The minimum absolute atomic E-state index is 0.0499. The third-order valence-corrected chi connectivity index (χ3v) is 3.97. The molecule has 26 heavy (non-hydrogen) atoms. The van der Waals surface area contributed by atoms with Gasteiger partial charge >= 0.3 is 0 Å². The van der Waals surface area contributed by atoms with Gasteiger partial charge in [-0.05, 0) is 48.5 Å². The van der Waals surface area contributed by atoms with Crippen LogP contribution in [0.15, 0.2) is 66.7 Å². The van der Waals surface area contributed by atoms with Gasteiger partial charge in [-0.2, -0.15) is 5.26 Å². The summed E-state index contributed by atoms with van der Waals surface area (Å²) < 4.78 is 13.8. The standard InChI is InChI=1S/C20H13ClFN3O/c21-16-5-3-6-17(22)19(16)20(26)25-15-10-8-14(9-11-15)24-18-7-2-1-4-13(18)12-23/h1-11,24H,(H,25,26). The van der Waals surface area contributed by atoms with E-state index in [9.17, 15) is 9.18 Å². The molecule has 1 amide bonds. The highest BCUT2D eigenvalue weighted by atomic mass is 35.5. The highest BCUT2D eigenvalue weighted by Crippen LogP contribution is 2.23. The predicted molar refractivity (Wildman–Crippen MR) is 100 cm³/mol. The zero-order valence-corrected chi connectivity index (χ0v) is 14.2. The minimum Gasteiger partial charge on any atom is -0.354 e. The molecule has 3 rings (SSSR count). The van der Waals surface area contributed by atoms with Crippen molar-refractivity contribution in [2.24, 2.45) is 0 Å². The number of nitrogens with zero attached hydrogens (tertiary/aromatic N) is 1. The second-order valence-electron chi connectivity index (χ2n) is 5.41. The number of amides is 1. The summed E-state index contributed by atoms with van der Waals surface area (Å²) in [5, 5.41) is 14.9. The fraction of sp³-hybridized carbons (Fsp3) is 0. The largest absolute Gasteiger partial charge is 0.354 e. The molecular formula is C20H13ClFN3O. The van der Waals surface area contributed by atoms with Gasteiger partial charge < -0.3 is 10.6 Å². The highest BCUT2D eigenvalue weighted by Gasteiger charge is 2.15. The molecule has 0 fully saturated rings. The van der Waals surface area contributed by atoms with Gasteiger partial charge in [0.1, 0.15) is 11.9 Å². The van der Waals surface area contributed by atoms with Crippen LogP contribution < -0.4 is 10.6 Å². The van der Waals surface area contributed by atoms with Crippen LogP contribution in [0.3, 0.4) is 0 Å². The monoisotopic (exact) mass is 365 g/mol. The summed E-state index contributed by atoms with van der Waals surface area (Å²) in [5.74, 6) is -1.30. The molecular weight excluding hydrogens is 353 g/mol. The molecule has 0 radical (unpaired) electrons. The van der Waals surface area contributed by atoms with E-state index in [2.05, 4.69) is 16.7 Å². The first-order valence-corrected chi connectivity index (χ1v) is 8.08. The van der Waals surface area contributed by atoms with Crippen molar-refractivity contribution in [1.29, 1.82) is 5.26 Å². The Balaban J connectivity index is 1.74. The van der Waals surface area contributed by atoms with Crippen LogP contribution in [0.2, 0.25) is 5.02 Å². The Kier molecular flexibility index (Phi) is 5.16. The SMILES string of the molecule is N#Cc1ccccc1Nc1ccc(NC(=O)c2c(F)cccc2Cl)cc1. The summed E-state index contributed by atoms with van der Waals surface area (Å²) in [6.07, 6.45) is 0. The van der Waals surface area contributed by atoms with Crippen LogP contribution in [0.1, 0.15) is 15.9 Å². The molecule has 0 aliphatic rings. The third kappa shape index (κ3) is 3.82. The Bertz CT molecular complexity index is 976. The summed E-state index contributed by atoms with van der Waals surface area (Å²) in [4.78, 5) is 12.2. The van der Waals surface area contributed by atoms with Crippen LogP contribution in [0.5, 0.6) is 0 Å². The van der Waals surface area contributed by atoms with Crippen molar-refractivity contribution in [2.45, 2.75) is 0 Å². The van der Waals surface area contributed by atoms with Crippen LogP contribution >= 0.6 is 11.6 Å². The van der Waals surface area contributed by atoms with Gasteiger partial charge in [0.05, 0.1) is 21.8 Å². The smallest absolute Gasteiger partial charge is 0.260 e. The van der Waals surface area contributed by atoms with E-state index in [0.717, 1.165) is 5.69 Å². The number of carbonyl (C=O) groups excluding carboxylic acids is 1. The number of hydrogen-bond acceptors (Lipinski definition) is 3. The maximum Gasteiger partial charge on any atom is 0.260 e. The molecule has 0 aliphatic heterocycles. The number of carbonyl (C=O) groups is 1. The third-order valence-electron chi connectivity index (χ3n) is 3.66. The summed E-state index contributed by atoms with van der Waals surface area (Å²) >= 11 is 5.90. The number of para-hydroxylation sites is 1. The Morgan fingerprint density at radius 2 is 1.65 bits per heavy atom. The molecule has 0 spiro atoms. The van der Waals surface area contributed by atoms with Gasteiger partial charge in [0.2, 0.25) is 0 Å². The van der Waals surface area contributed by atoms with Crippen molar-refractivity contribution >= 4 is 34.6 Å². The van der Waals surface area contributed by atoms with E-state index in [-0.39, 0.29) is 10.6 Å². The molecule has 0 atom stereocenters. The molecule has 0 saturated carbocycles. The Morgan fingerprint density at radius 1 is 0.962 bits per heavy atom. The van der Waals surface area contributed by atoms with Gasteiger partial charge in [-0.25, -0.2) is 4.39 Å². The second kappa shape index (κ2) is 7.68. The fourth-order valence-corrected chi connectivity index (χ4v) is 2.64. The van der Waals surface area contributed by atoms with E-state index in [1.165, 1.54) is 18.2 Å². The topological polar surface area (TPSA) is 64.9 Å². The first kappa shape index (κ1) is 17.5. The molecule has 0 bridgehead atoms. The molecule has 0 aromatic heterocycles. The van der Waals surface area contributed by atoms with E-state index in [4.69, 9.17) is 16.9 Å². The lowest BCUT2D eigenvalue weighted by Crippen LogP contribution is -2.14. The Hall–Kier alpha value is -3.36. The minimum atomic E-state index is -0.679. The van der Waals surface area contributed by atoms with E-state index < -0.39 is 11.7 Å². The van der Waals surface area contributed by atoms with E-state index in [0.29, 0.717) is 16.9 Å². The zero-order valence-electron chi connectivity index (χ0n) is 13.5. The van der Waals surface area contributed by atoms with Crippen molar-refractivity contribution in [2.75, 3.05) is 10.6 Å². The van der Waals surface area contributed by atoms with Crippen LogP contribution in [-0.2, 0) is 0 Å². The van der Waals surface area contributed by atoms with Crippen LogP contribution in [0.25, 0.3) is 0 Å². The molecule has 0 unspecified atom stereocenters. The first-order chi connectivity index (χ1) is 12.6. The van der Waals surface area contributed by atoms with Gasteiger partial charge in [0.15, 0.2) is 0 Å². The average Bonchev–Trinajstić information content (AvgIpc) is 2.63. The van der Waals surface area contributed by atoms with Gasteiger partial charge in [-0.1, -0.05) is 29.8 Å². The van der Waals surface area contributed by atoms with Gasteiger partial charge in [0.25, 0.3) is 5.91 Å². The van der Waals surface area contributed by atoms with Crippen molar-refractivity contribution in [3.05, 3.63) is 88.7 Å². The van der Waals surface area contributed by atoms with E-state index in [1.807, 2.05) is 6.07 Å². The number of benzene rings is 3. The van der Waals surface area contributed by atoms with Gasteiger partial charge in [0, 0.05) is 11.4 Å². The number of halogens is 2. The summed E-state index contributed by atoms with van der Waals surface area (Å²) in [7, 11) is 0. The molecule has 0 saturated heterocycles. The average molecular weight is 366 g/mol. The number of hydrogen-bond donors (Lipinski definition) is 2. The van der Waals surface area contributed by atoms with Crippen molar-refractivity contribution in [3.63, 3.8) is 0 Å². The summed E-state index contributed by atoms with van der Waals surface area (Å²) in [6.45, 7) is 0. The lowest BCUT2D eigenvalue weighted by atomic mass is 10.1. The lowest BCUT2D eigenvalue weighted by molar-refractivity contribution is 0.102. The van der Waals surface area contributed by atoms with E-state index >= 15 is 0 Å². The molecule has 2 N–H and O–H groups in total. The molecule has 4 nitrogen and oxygen atoms in total. The first-order valence-electron chi connectivity index (χ1n) is 7.70. The Morgan fingerprint density at radius 3 is 2.35 bits per heavy atom. The number of anilines is 3. The maximum atomic E-state index is 13.8. The van der Waals surface area contributed by atoms with Crippen molar-refractivity contribution < 1.29 is 9.18 Å². The highest BCUT2D eigenvalue weighted by molar-refractivity contribution is 6.34. The second-order valence-corrected chi connectivity index (χ2v) is 5.82. The predicted octanol–water partition coefficient (Wildman–Crippen LogP) is 5.35. The quantitative estimate of drug-likeness (QED) is 0.655. The summed E-state index contributed by atoms with van der Waals surface area (Å²) in [6, 6.07) is 20.2. The van der Waals surface area contributed by atoms with Crippen LogP contribution in [-0.4, -0.2) is 5.91 Å². The van der Waals surface area contributed by atoms with E-state index in [1.54, 1.807) is 42.5 Å². The van der Waals surface area contributed by atoms with Gasteiger partial charge in [-0.15, -0.1) is 0 Å².